The van der Waals surface area contributed by atoms with Gasteiger partial charge in [0.25, 0.3) is 0 Å². The molecule has 1 unspecified atom stereocenters. The van der Waals surface area contributed by atoms with Crippen molar-refractivity contribution in [2.24, 2.45) is 0 Å². The number of hydrogen-bond acceptors (Lipinski definition) is 5. The molecule has 0 bridgehead atoms. The van der Waals surface area contributed by atoms with Gasteiger partial charge in [0.05, 0.1) is 6.61 Å². The summed E-state index contributed by atoms with van der Waals surface area (Å²) in [7, 11) is 0. The molecule has 0 aliphatic carbocycles. The van der Waals surface area contributed by atoms with Crippen molar-refractivity contribution >= 4 is 11.9 Å². The third kappa shape index (κ3) is 51.4. The normalized spacial score (nSPS) is 12.0. The molecule has 0 fully saturated rings. The van der Waals surface area contributed by atoms with Crippen LogP contribution < -0.4 is 0 Å². The van der Waals surface area contributed by atoms with Crippen molar-refractivity contribution in [3.8, 4) is 0 Å². The van der Waals surface area contributed by atoms with Gasteiger partial charge in [-0.15, -0.1) is 0 Å². The van der Waals surface area contributed by atoms with Crippen molar-refractivity contribution in [1.82, 2.24) is 0 Å². The number of ether oxygens (including phenoxy) is 2. The summed E-state index contributed by atoms with van der Waals surface area (Å²) in [6, 6.07) is 0. The maximum absolute atomic E-state index is 12.3. The fraction of sp³-hybridized carbons (Fsp3) is 0.964. The zero-order valence-electron chi connectivity index (χ0n) is 41.7. The second-order valence-corrected chi connectivity index (χ2v) is 19.4. The van der Waals surface area contributed by atoms with Gasteiger partial charge in [0.15, 0.2) is 6.10 Å². The number of aliphatic hydroxyl groups is 1. The summed E-state index contributed by atoms with van der Waals surface area (Å²) in [6.45, 7) is 4.19. The summed E-state index contributed by atoms with van der Waals surface area (Å²) in [6.07, 6.45) is 63.9. The number of hydrogen-bond donors (Lipinski definition) is 1. The maximum atomic E-state index is 12.3. The van der Waals surface area contributed by atoms with Crippen LogP contribution in [0, 0.1) is 0 Å². The lowest BCUT2D eigenvalue weighted by atomic mass is 10.0. The Morgan fingerprint density at radius 2 is 0.508 bits per heavy atom. The molecule has 0 aromatic rings. The van der Waals surface area contributed by atoms with Crippen molar-refractivity contribution < 1.29 is 24.2 Å². The average molecular weight is 863 g/mol. The molecule has 0 heterocycles. The van der Waals surface area contributed by atoms with Crippen LogP contribution in [-0.2, 0) is 19.1 Å². The maximum Gasteiger partial charge on any atom is 0.306 e. The highest BCUT2D eigenvalue weighted by atomic mass is 16.6. The van der Waals surface area contributed by atoms with Crippen LogP contribution in [0.25, 0.3) is 0 Å². The fourth-order valence-electron chi connectivity index (χ4n) is 8.91. The van der Waals surface area contributed by atoms with E-state index in [9.17, 15) is 14.7 Å². The first-order chi connectivity index (χ1) is 30.1. The van der Waals surface area contributed by atoms with E-state index in [0.29, 0.717) is 12.8 Å². The minimum Gasteiger partial charge on any atom is -0.462 e. The average Bonchev–Trinajstić information content (AvgIpc) is 3.26. The van der Waals surface area contributed by atoms with Gasteiger partial charge in [0, 0.05) is 12.8 Å². The molecule has 0 saturated carbocycles. The largest absolute Gasteiger partial charge is 0.462 e. The molecule has 364 valence electrons. The Balaban J connectivity index is 3.34. The lowest BCUT2D eigenvalue weighted by Crippen LogP contribution is -2.28. The lowest BCUT2D eigenvalue weighted by molar-refractivity contribution is -0.161. The predicted molar refractivity (Wildman–Crippen MR) is 266 cm³/mol. The number of carbonyl (C=O) groups is 2. The van der Waals surface area contributed by atoms with E-state index in [1.54, 1.807) is 0 Å². The van der Waals surface area contributed by atoms with E-state index < -0.39 is 6.10 Å². The second-order valence-electron chi connectivity index (χ2n) is 19.4. The molecular formula is C56H110O5. The lowest BCUT2D eigenvalue weighted by Gasteiger charge is -2.15. The second kappa shape index (κ2) is 53.2. The molecular weight excluding hydrogens is 753 g/mol. The molecule has 0 radical (unpaired) electrons. The monoisotopic (exact) mass is 863 g/mol. The van der Waals surface area contributed by atoms with E-state index in [0.717, 1.165) is 32.1 Å². The molecule has 0 saturated heterocycles. The van der Waals surface area contributed by atoms with E-state index in [-0.39, 0.29) is 25.2 Å². The Morgan fingerprint density at radius 3 is 0.721 bits per heavy atom. The fourth-order valence-corrected chi connectivity index (χ4v) is 8.91. The van der Waals surface area contributed by atoms with Crippen molar-refractivity contribution in [2.45, 2.75) is 335 Å². The van der Waals surface area contributed by atoms with Gasteiger partial charge in [-0.25, -0.2) is 0 Å². The first-order valence-electron chi connectivity index (χ1n) is 28.1. The van der Waals surface area contributed by atoms with Crippen LogP contribution in [0.4, 0.5) is 0 Å². The molecule has 1 N–H and O–H groups in total. The first-order valence-corrected chi connectivity index (χ1v) is 28.1. The Labute approximate surface area is 382 Å². The van der Waals surface area contributed by atoms with Crippen molar-refractivity contribution in [3.05, 3.63) is 0 Å². The van der Waals surface area contributed by atoms with Crippen LogP contribution in [0.15, 0.2) is 0 Å². The van der Waals surface area contributed by atoms with Crippen LogP contribution in [0.1, 0.15) is 328 Å². The van der Waals surface area contributed by atoms with Crippen molar-refractivity contribution in [3.63, 3.8) is 0 Å². The van der Waals surface area contributed by atoms with Crippen LogP contribution >= 0.6 is 0 Å². The zero-order chi connectivity index (χ0) is 44.2. The number of aliphatic hydroxyl groups excluding tert-OH is 1. The molecule has 1 atom stereocenters. The van der Waals surface area contributed by atoms with Gasteiger partial charge in [-0.2, -0.15) is 0 Å². The predicted octanol–water partition coefficient (Wildman–Crippen LogP) is 18.6. The van der Waals surface area contributed by atoms with Gasteiger partial charge in [-0.05, 0) is 12.8 Å². The summed E-state index contributed by atoms with van der Waals surface area (Å²) in [5, 5.41) is 9.61. The molecule has 0 aliphatic rings. The topological polar surface area (TPSA) is 72.8 Å². The van der Waals surface area contributed by atoms with Gasteiger partial charge in [-0.3, -0.25) is 9.59 Å². The Hall–Kier alpha value is -1.10. The Morgan fingerprint density at radius 1 is 0.311 bits per heavy atom. The van der Waals surface area contributed by atoms with Crippen LogP contribution in [0.5, 0.6) is 0 Å². The molecule has 5 nitrogen and oxygen atoms in total. The molecule has 0 spiro atoms. The van der Waals surface area contributed by atoms with E-state index in [1.165, 1.54) is 270 Å². The van der Waals surface area contributed by atoms with E-state index >= 15 is 0 Å². The molecule has 5 heteroatoms. The van der Waals surface area contributed by atoms with E-state index in [4.69, 9.17) is 9.47 Å². The summed E-state index contributed by atoms with van der Waals surface area (Å²) in [5.74, 6) is -0.568. The molecule has 0 aromatic carbocycles. The molecule has 0 aromatic heterocycles. The summed E-state index contributed by atoms with van der Waals surface area (Å²) >= 11 is 0. The molecule has 0 amide bonds. The molecule has 0 rings (SSSR count). The van der Waals surface area contributed by atoms with Gasteiger partial charge in [0.1, 0.15) is 6.61 Å². The number of unbranched alkanes of at least 4 members (excludes halogenated alkanes) is 45. The highest BCUT2D eigenvalue weighted by Gasteiger charge is 2.16. The quantitative estimate of drug-likeness (QED) is 0.0487. The SMILES string of the molecule is CCCCCCCCCCCCCCCCCCCCCCCCCCCCCCCCCCCCC(=O)OC(CO)COC(=O)CCCCCCCCCCCCCCC. The van der Waals surface area contributed by atoms with Crippen LogP contribution in [-0.4, -0.2) is 36.4 Å². The van der Waals surface area contributed by atoms with Crippen LogP contribution in [0.2, 0.25) is 0 Å². The minimum atomic E-state index is -0.763. The summed E-state index contributed by atoms with van der Waals surface area (Å²) in [4.78, 5) is 24.4. The van der Waals surface area contributed by atoms with Crippen molar-refractivity contribution in [1.29, 1.82) is 0 Å². The van der Waals surface area contributed by atoms with Gasteiger partial charge in [-0.1, -0.05) is 303 Å². The highest BCUT2D eigenvalue weighted by molar-refractivity contribution is 5.70. The molecule has 61 heavy (non-hydrogen) atoms. The smallest absolute Gasteiger partial charge is 0.306 e. The number of carbonyl (C=O) groups excluding carboxylic acids is 2. The van der Waals surface area contributed by atoms with E-state index in [2.05, 4.69) is 13.8 Å². The summed E-state index contributed by atoms with van der Waals surface area (Å²) < 4.78 is 10.7. The zero-order valence-corrected chi connectivity index (χ0v) is 41.7. The van der Waals surface area contributed by atoms with Gasteiger partial charge >= 0.3 is 11.9 Å². The van der Waals surface area contributed by atoms with Gasteiger partial charge in [0.2, 0.25) is 0 Å². The number of rotatable bonds is 53. The van der Waals surface area contributed by atoms with Crippen molar-refractivity contribution in [2.75, 3.05) is 13.2 Å². The molecule has 0 aliphatic heterocycles. The number of esters is 2. The highest BCUT2D eigenvalue weighted by Crippen LogP contribution is 2.18. The standard InChI is InChI=1S/C56H110O5/c1-3-5-7-9-11-13-15-17-18-19-20-21-22-23-24-25-26-27-28-29-30-31-32-33-34-35-36-37-39-41-43-45-47-49-51-56(59)61-54(52-57)53-60-55(58)50-48-46-44-42-40-38-16-14-12-10-8-6-4-2/h54,57H,3-53H2,1-2H3. The van der Waals surface area contributed by atoms with Gasteiger partial charge < -0.3 is 14.6 Å². The third-order valence-corrected chi connectivity index (χ3v) is 13.2. The van der Waals surface area contributed by atoms with Crippen LogP contribution in [0.3, 0.4) is 0 Å². The Kier molecular flexibility index (Phi) is 52.3. The first kappa shape index (κ1) is 59.9. The van der Waals surface area contributed by atoms with E-state index in [1.807, 2.05) is 0 Å². The summed E-state index contributed by atoms with van der Waals surface area (Å²) in [5.41, 5.74) is 0. The minimum absolute atomic E-state index is 0.0563. The Bertz CT molecular complexity index is 845. The third-order valence-electron chi connectivity index (χ3n) is 13.2.